The molecule has 1 rings (SSSR count). The summed E-state index contributed by atoms with van der Waals surface area (Å²) in [6.45, 7) is 1.98. The first-order chi connectivity index (χ1) is 6.24. The van der Waals surface area contributed by atoms with Crippen molar-refractivity contribution in [3.63, 3.8) is 0 Å². The van der Waals surface area contributed by atoms with Crippen LogP contribution in [0.2, 0.25) is 0 Å². The van der Waals surface area contributed by atoms with E-state index in [-0.39, 0.29) is 11.8 Å². The van der Waals surface area contributed by atoms with E-state index >= 15 is 0 Å². The molecule has 2 N–H and O–H groups in total. The molecule has 1 unspecified atom stereocenters. The highest BCUT2D eigenvalue weighted by Gasteiger charge is 2.19. The minimum Gasteiger partial charge on any atom is -0.322 e. The number of hydrogen-bond donors (Lipinski definition) is 1. The number of ketones is 1. The lowest BCUT2D eigenvalue weighted by Crippen LogP contribution is -2.31. The number of nitrogens with two attached hydrogens (primary N) is 1. The first-order valence-electron chi connectivity index (χ1n) is 5.52. The quantitative estimate of drug-likeness (QED) is 0.726. The van der Waals surface area contributed by atoms with Gasteiger partial charge in [0.2, 0.25) is 0 Å². The number of carbonyl (C=O) groups excluding carboxylic acids is 1. The molecule has 0 saturated heterocycles. The Balaban J connectivity index is 2.26. The number of Topliss-reactive ketones (excluding diaryl/α,β-unsaturated/α-hetero) is 1. The zero-order chi connectivity index (χ0) is 9.68. The highest BCUT2D eigenvalue weighted by Crippen LogP contribution is 2.26. The van der Waals surface area contributed by atoms with E-state index in [2.05, 4.69) is 0 Å². The minimum absolute atomic E-state index is 0.207. The van der Waals surface area contributed by atoms with Crippen LogP contribution in [-0.2, 0) is 4.79 Å². The van der Waals surface area contributed by atoms with Gasteiger partial charge in [-0.1, -0.05) is 39.0 Å². The largest absolute Gasteiger partial charge is 0.322 e. The van der Waals surface area contributed by atoms with Crippen LogP contribution in [0.15, 0.2) is 0 Å². The lowest BCUT2D eigenvalue weighted by molar-refractivity contribution is -0.121. The van der Waals surface area contributed by atoms with Crippen molar-refractivity contribution >= 4 is 5.78 Å². The SMILES string of the molecule is CCC(N)C(=O)CC1CCCCC1. The molecular formula is C11H21NO. The molecule has 76 valence electrons. The molecule has 0 amide bonds. The standard InChI is InChI=1S/C11H21NO/c1-2-10(12)11(13)8-9-6-4-3-5-7-9/h9-10H,2-8,12H2,1H3. The van der Waals surface area contributed by atoms with Crippen molar-refractivity contribution < 1.29 is 4.79 Å². The number of rotatable bonds is 4. The van der Waals surface area contributed by atoms with Gasteiger partial charge in [0.25, 0.3) is 0 Å². The van der Waals surface area contributed by atoms with Gasteiger partial charge >= 0.3 is 0 Å². The molecule has 1 atom stereocenters. The molecule has 0 aliphatic heterocycles. The predicted octanol–water partition coefficient (Wildman–Crippen LogP) is 2.26. The summed E-state index contributed by atoms with van der Waals surface area (Å²) in [6.07, 6.45) is 7.95. The Hall–Kier alpha value is -0.370. The van der Waals surface area contributed by atoms with Gasteiger partial charge in [-0.25, -0.2) is 0 Å². The average Bonchev–Trinajstić information content (AvgIpc) is 2.18. The van der Waals surface area contributed by atoms with Gasteiger partial charge in [-0.05, 0) is 12.3 Å². The van der Waals surface area contributed by atoms with E-state index in [4.69, 9.17) is 5.73 Å². The van der Waals surface area contributed by atoms with Crippen molar-refractivity contribution in [3.05, 3.63) is 0 Å². The summed E-state index contributed by atoms with van der Waals surface area (Å²) in [5.74, 6) is 0.910. The van der Waals surface area contributed by atoms with Crippen LogP contribution in [-0.4, -0.2) is 11.8 Å². The molecule has 0 aromatic rings. The van der Waals surface area contributed by atoms with Crippen molar-refractivity contribution in [1.29, 1.82) is 0 Å². The molecule has 1 aliphatic rings. The molecule has 0 aromatic carbocycles. The second-order valence-electron chi connectivity index (χ2n) is 4.19. The predicted molar refractivity (Wildman–Crippen MR) is 54.5 cm³/mol. The Morgan fingerprint density at radius 3 is 2.54 bits per heavy atom. The summed E-state index contributed by atoms with van der Waals surface area (Å²) in [5.41, 5.74) is 5.68. The van der Waals surface area contributed by atoms with Crippen molar-refractivity contribution in [2.24, 2.45) is 11.7 Å². The second-order valence-corrected chi connectivity index (χ2v) is 4.19. The molecule has 1 fully saturated rings. The Labute approximate surface area is 80.9 Å². The van der Waals surface area contributed by atoms with E-state index in [0.717, 1.165) is 12.8 Å². The molecule has 0 bridgehead atoms. The van der Waals surface area contributed by atoms with Gasteiger partial charge in [0.15, 0.2) is 0 Å². The molecule has 0 radical (unpaired) electrons. The molecule has 13 heavy (non-hydrogen) atoms. The maximum Gasteiger partial charge on any atom is 0.149 e. The van der Waals surface area contributed by atoms with E-state index < -0.39 is 0 Å². The van der Waals surface area contributed by atoms with Crippen LogP contribution >= 0.6 is 0 Å². The molecule has 2 heteroatoms. The summed E-state index contributed by atoms with van der Waals surface area (Å²) < 4.78 is 0. The highest BCUT2D eigenvalue weighted by atomic mass is 16.1. The van der Waals surface area contributed by atoms with Gasteiger partial charge in [-0.3, -0.25) is 4.79 Å². The van der Waals surface area contributed by atoms with Gasteiger partial charge in [-0.15, -0.1) is 0 Å². The highest BCUT2D eigenvalue weighted by molar-refractivity contribution is 5.83. The number of carbonyl (C=O) groups is 1. The van der Waals surface area contributed by atoms with Crippen LogP contribution < -0.4 is 5.73 Å². The first kappa shape index (κ1) is 10.7. The summed E-state index contributed by atoms with van der Waals surface area (Å²) >= 11 is 0. The van der Waals surface area contributed by atoms with Gasteiger partial charge in [0.1, 0.15) is 5.78 Å². The van der Waals surface area contributed by atoms with E-state index in [1.807, 2.05) is 6.92 Å². The van der Waals surface area contributed by atoms with E-state index in [9.17, 15) is 4.79 Å². The minimum atomic E-state index is -0.207. The summed E-state index contributed by atoms with van der Waals surface area (Å²) in [4.78, 5) is 11.5. The van der Waals surface area contributed by atoms with E-state index in [0.29, 0.717) is 5.92 Å². The zero-order valence-corrected chi connectivity index (χ0v) is 8.59. The topological polar surface area (TPSA) is 43.1 Å². The zero-order valence-electron chi connectivity index (χ0n) is 8.59. The van der Waals surface area contributed by atoms with Crippen LogP contribution in [0.5, 0.6) is 0 Å². The summed E-state index contributed by atoms with van der Waals surface area (Å²) in [6, 6.07) is -0.207. The molecule has 0 heterocycles. The van der Waals surface area contributed by atoms with Gasteiger partial charge in [0.05, 0.1) is 6.04 Å². The van der Waals surface area contributed by atoms with Crippen molar-refractivity contribution in [1.82, 2.24) is 0 Å². The van der Waals surface area contributed by atoms with Crippen LogP contribution in [0, 0.1) is 5.92 Å². The Morgan fingerprint density at radius 1 is 1.38 bits per heavy atom. The smallest absolute Gasteiger partial charge is 0.149 e. The summed E-state index contributed by atoms with van der Waals surface area (Å²) in [7, 11) is 0. The molecule has 0 aromatic heterocycles. The van der Waals surface area contributed by atoms with Gasteiger partial charge < -0.3 is 5.73 Å². The Morgan fingerprint density at radius 2 is 2.00 bits per heavy atom. The van der Waals surface area contributed by atoms with Gasteiger partial charge in [-0.2, -0.15) is 0 Å². The van der Waals surface area contributed by atoms with Crippen LogP contribution in [0.1, 0.15) is 51.9 Å². The maximum atomic E-state index is 11.5. The average molecular weight is 183 g/mol. The first-order valence-corrected chi connectivity index (χ1v) is 5.52. The van der Waals surface area contributed by atoms with Crippen LogP contribution in [0.4, 0.5) is 0 Å². The fourth-order valence-electron chi connectivity index (χ4n) is 2.05. The second kappa shape index (κ2) is 5.38. The third-order valence-electron chi connectivity index (χ3n) is 3.07. The fraction of sp³-hybridized carbons (Fsp3) is 0.909. The van der Waals surface area contributed by atoms with E-state index in [1.54, 1.807) is 0 Å². The molecular weight excluding hydrogens is 162 g/mol. The lowest BCUT2D eigenvalue weighted by Gasteiger charge is -2.21. The van der Waals surface area contributed by atoms with Crippen molar-refractivity contribution in [2.45, 2.75) is 57.9 Å². The third-order valence-corrected chi connectivity index (χ3v) is 3.07. The fourth-order valence-corrected chi connectivity index (χ4v) is 2.05. The number of hydrogen-bond acceptors (Lipinski definition) is 2. The molecule has 0 spiro atoms. The Kier molecular flexibility index (Phi) is 4.43. The molecule has 1 saturated carbocycles. The van der Waals surface area contributed by atoms with Crippen molar-refractivity contribution in [2.75, 3.05) is 0 Å². The molecule has 2 nitrogen and oxygen atoms in total. The maximum absolute atomic E-state index is 11.5. The Bertz CT molecular complexity index is 161. The lowest BCUT2D eigenvalue weighted by atomic mass is 9.84. The monoisotopic (exact) mass is 183 g/mol. The van der Waals surface area contributed by atoms with Crippen molar-refractivity contribution in [3.8, 4) is 0 Å². The van der Waals surface area contributed by atoms with Crippen LogP contribution in [0.25, 0.3) is 0 Å². The summed E-state index contributed by atoms with van der Waals surface area (Å²) in [5, 5.41) is 0. The third kappa shape index (κ3) is 3.47. The normalized spacial score (nSPS) is 21.4. The van der Waals surface area contributed by atoms with Gasteiger partial charge in [0, 0.05) is 6.42 Å². The van der Waals surface area contributed by atoms with Crippen LogP contribution in [0.3, 0.4) is 0 Å². The molecule has 1 aliphatic carbocycles. The van der Waals surface area contributed by atoms with E-state index in [1.165, 1.54) is 32.1 Å².